The van der Waals surface area contributed by atoms with Crippen molar-refractivity contribution in [3.63, 3.8) is 0 Å². The summed E-state index contributed by atoms with van der Waals surface area (Å²) in [6, 6.07) is 15.7. The molecule has 180 valence electrons. The van der Waals surface area contributed by atoms with Crippen molar-refractivity contribution < 1.29 is 27.1 Å². The summed E-state index contributed by atoms with van der Waals surface area (Å²) >= 11 is 0. The molecule has 0 aliphatic heterocycles. The first-order valence-electron chi connectivity index (χ1n) is 10.4. The number of ether oxygens (including phenoxy) is 2. The molecule has 0 atom stereocenters. The van der Waals surface area contributed by atoms with Crippen LogP contribution in [-0.4, -0.2) is 33.1 Å². The molecule has 10 heteroatoms. The van der Waals surface area contributed by atoms with Crippen LogP contribution in [0.5, 0.6) is 11.5 Å². The predicted octanol–water partition coefficient (Wildman–Crippen LogP) is 3.63. The molecule has 0 spiro atoms. The summed E-state index contributed by atoms with van der Waals surface area (Å²) in [5.41, 5.74) is -0.251. The molecule has 0 unspecified atom stereocenters. The molecule has 8 nitrogen and oxygen atoms in total. The van der Waals surface area contributed by atoms with Crippen LogP contribution in [-0.2, 0) is 21.2 Å². The van der Waals surface area contributed by atoms with E-state index in [0.717, 1.165) is 18.3 Å². The maximum Gasteiger partial charge on any atom is 0.244 e. The van der Waals surface area contributed by atoms with E-state index in [1.54, 1.807) is 24.3 Å². The number of sulfone groups is 1. The Morgan fingerprint density at radius 2 is 1.63 bits per heavy atom. The lowest BCUT2D eigenvalue weighted by molar-refractivity contribution is -0.116. The number of pyridine rings is 1. The second kappa shape index (κ2) is 9.59. The Morgan fingerprint density at radius 3 is 2.26 bits per heavy atom. The van der Waals surface area contributed by atoms with Gasteiger partial charge in [0.15, 0.2) is 0 Å². The molecule has 4 rings (SSSR count). The number of fused-ring (bicyclic) bond motifs is 1. The molecule has 0 saturated carbocycles. The van der Waals surface area contributed by atoms with Crippen molar-refractivity contribution >= 4 is 32.3 Å². The van der Waals surface area contributed by atoms with E-state index in [1.165, 1.54) is 49.1 Å². The zero-order valence-electron chi connectivity index (χ0n) is 18.8. The number of hydrogen-bond acceptors (Lipinski definition) is 6. The van der Waals surface area contributed by atoms with Crippen molar-refractivity contribution in [3.8, 4) is 11.5 Å². The van der Waals surface area contributed by atoms with Gasteiger partial charge in [-0.2, -0.15) is 0 Å². The van der Waals surface area contributed by atoms with E-state index in [0.29, 0.717) is 17.2 Å². The summed E-state index contributed by atoms with van der Waals surface area (Å²) < 4.78 is 52.1. The monoisotopic (exact) mass is 496 g/mol. The van der Waals surface area contributed by atoms with Gasteiger partial charge in [0.1, 0.15) is 28.8 Å². The number of carbonyl (C=O) groups is 1. The van der Waals surface area contributed by atoms with Gasteiger partial charge in [-0.05, 0) is 30.3 Å². The average Bonchev–Trinajstić information content (AvgIpc) is 2.85. The number of halogens is 1. The van der Waals surface area contributed by atoms with E-state index in [1.807, 2.05) is 0 Å². The van der Waals surface area contributed by atoms with Crippen LogP contribution in [0.2, 0.25) is 0 Å². The van der Waals surface area contributed by atoms with Gasteiger partial charge in [-0.25, -0.2) is 12.8 Å². The second-order valence-electron chi connectivity index (χ2n) is 7.58. The number of nitrogens with one attached hydrogen (secondary N) is 1. The Morgan fingerprint density at radius 1 is 0.971 bits per heavy atom. The van der Waals surface area contributed by atoms with Crippen molar-refractivity contribution in [1.82, 2.24) is 4.57 Å². The molecule has 3 aromatic carbocycles. The highest BCUT2D eigenvalue weighted by Gasteiger charge is 2.24. The topological polar surface area (TPSA) is 104 Å². The summed E-state index contributed by atoms with van der Waals surface area (Å²) in [4.78, 5) is 25.3. The Bertz CT molecular complexity index is 1560. The minimum Gasteiger partial charge on any atom is -0.497 e. The van der Waals surface area contributed by atoms with Gasteiger partial charge in [0.25, 0.3) is 0 Å². The van der Waals surface area contributed by atoms with Crippen molar-refractivity contribution in [3.05, 3.63) is 89.0 Å². The van der Waals surface area contributed by atoms with E-state index >= 15 is 0 Å². The highest BCUT2D eigenvalue weighted by atomic mass is 32.2. The number of methoxy groups -OCH3 is 2. The number of aromatic nitrogens is 1. The normalized spacial score (nSPS) is 11.3. The largest absolute Gasteiger partial charge is 0.497 e. The quantitative estimate of drug-likeness (QED) is 0.419. The fourth-order valence-electron chi connectivity index (χ4n) is 3.63. The first-order valence-corrected chi connectivity index (χ1v) is 11.9. The minimum atomic E-state index is -4.23. The third-order valence-corrected chi connectivity index (χ3v) is 7.06. The lowest BCUT2D eigenvalue weighted by Crippen LogP contribution is -2.24. The van der Waals surface area contributed by atoms with Gasteiger partial charge in [0.05, 0.1) is 24.6 Å². The van der Waals surface area contributed by atoms with Gasteiger partial charge in [-0.1, -0.05) is 18.2 Å². The molecule has 35 heavy (non-hydrogen) atoms. The molecule has 1 aromatic heterocycles. The fourth-order valence-corrected chi connectivity index (χ4v) is 5.02. The molecule has 0 saturated heterocycles. The Hall–Kier alpha value is -4.18. The van der Waals surface area contributed by atoms with Crippen LogP contribution in [0.4, 0.5) is 10.1 Å². The molecule has 4 aromatic rings. The van der Waals surface area contributed by atoms with Gasteiger partial charge >= 0.3 is 0 Å². The lowest BCUT2D eigenvalue weighted by atomic mass is 10.2. The molecule has 1 N–H and O–H groups in total. The molecule has 0 fully saturated rings. The van der Waals surface area contributed by atoms with Crippen LogP contribution in [0, 0.1) is 5.82 Å². The van der Waals surface area contributed by atoms with Gasteiger partial charge in [0, 0.05) is 35.5 Å². The number of amides is 1. The number of benzene rings is 3. The summed E-state index contributed by atoms with van der Waals surface area (Å²) in [5, 5.41) is 2.54. The first kappa shape index (κ1) is 24.0. The number of hydrogen-bond donors (Lipinski definition) is 1. The predicted molar refractivity (Wildman–Crippen MR) is 128 cm³/mol. The number of carbonyl (C=O) groups excluding carboxylic acids is 1. The van der Waals surface area contributed by atoms with E-state index in [9.17, 15) is 22.4 Å². The highest BCUT2D eigenvalue weighted by molar-refractivity contribution is 7.91. The van der Waals surface area contributed by atoms with Crippen molar-refractivity contribution in [2.75, 3.05) is 19.5 Å². The summed E-state index contributed by atoms with van der Waals surface area (Å²) in [6.07, 6.45) is 1.11. The van der Waals surface area contributed by atoms with Gasteiger partial charge in [-0.15, -0.1) is 0 Å². The zero-order chi connectivity index (χ0) is 25.2. The van der Waals surface area contributed by atoms with E-state index in [2.05, 4.69) is 5.32 Å². The van der Waals surface area contributed by atoms with E-state index in [4.69, 9.17) is 9.47 Å². The molecule has 0 aliphatic carbocycles. The van der Waals surface area contributed by atoms with Crippen LogP contribution in [0.15, 0.2) is 87.5 Å². The highest BCUT2D eigenvalue weighted by Crippen LogP contribution is 2.26. The Balaban J connectivity index is 1.78. The van der Waals surface area contributed by atoms with Crippen LogP contribution in [0.1, 0.15) is 0 Å². The molecule has 0 aliphatic rings. The van der Waals surface area contributed by atoms with Crippen molar-refractivity contribution in [2.24, 2.45) is 0 Å². The molecule has 1 amide bonds. The number of anilines is 1. The van der Waals surface area contributed by atoms with Gasteiger partial charge < -0.3 is 19.4 Å². The summed E-state index contributed by atoms with van der Waals surface area (Å²) in [5.74, 6) is -0.304. The maximum atomic E-state index is 14.0. The molecule has 0 bridgehead atoms. The SMILES string of the molecule is COc1cc(NC(=O)Cn2cc(S(=O)(=O)c3ccccc3)c(=O)c3cc(F)ccc32)cc(OC)c1. The third-order valence-electron chi connectivity index (χ3n) is 5.30. The summed E-state index contributed by atoms with van der Waals surface area (Å²) in [7, 11) is -1.28. The average molecular weight is 497 g/mol. The maximum absolute atomic E-state index is 14.0. The van der Waals surface area contributed by atoms with E-state index < -0.39 is 31.9 Å². The smallest absolute Gasteiger partial charge is 0.244 e. The molecular weight excluding hydrogens is 475 g/mol. The Labute approximate surface area is 200 Å². The van der Waals surface area contributed by atoms with Crippen LogP contribution in [0.3, 0.4) is 0 Å². The third kappa shape index (κ3) is 4.87. The second-order valence-corrected chi connectivity index (χ2v) is 9.50. The van der Waals surface area contributed by atoms with E-state index in [-0.39, 0.29) is 22.3 Å². The molecular formula is C25H21FN2O6S. The summed E-state index contributed by atoms with van der Waals surface area (Å²) in [6.45, 7) is -0.348. The number of nitrogens with zero attached hydrogens (tertiary/aromatic N) is 1. The number of rotatable bonds is 7. The van der Waals surface area contributed by atoms with Crippen molar-refractivity contribution in [2.45, 2.75) is 16.3 Å². The van der Waals surface area contributed by atoms with Crippen LogP contribution in [0.25, 0.3) is 10.9 Å². The standard InChI is InChI=1S/C25H21FN2O6S/c1-33-18-11-17(12-19(13-18)34-2)27-24(29)15-28-14-23(35(31,32)20-6-4-3-5-7-20)25(30)21-10-16(26)8-9-22(21)28/h3-14H,15H2,1-2H3,(H,27,29). The zero-order valence-corrected chi connectivity index (χ0v) is 19.6. The van der Waals surface area contributed by atoms with Crippen LogP contribution >= 0.6 is 0 Å². The van der Waals surface area contributed by atoms with Crippen molar-refractivity contribution in [1.29, 1.82) is 0 Å². The van der Waals surface area contributed by atoms with Gasteiger partial charge in [-0.3, -0.25) is 9.59 Å². The Kier molecular flexibility index (Phi) is 6.57. The van der Waals surface area contributed by atoms with Crippen LogP contribution < -0.4 is 20.2 Å². The minimum absolute atomic E-state index is 0.0904. The van der Waals surface area contributed by atoms with Gasteiger partial charge in [0.2, 0.25) is 21.2 Å². The lowest BCUT2D eigenvalue weighted by Gasteiger charge is -2.15. The molecule has 0 radical (unpaired) electrons. The molecule has 1 heterocycles. The fraction of sp³-hybridized carbons (Fsp3) is 0.120. The first-order chi connectivity index (χ1) is 16.7.